The maximum Gasteiger partial charge on any atom is 0.228 e. The quantitative estimate of drug-likeness (QED) is 0.105. The average Bonchev–Trinajstić information content (AvgIpc) is 3.08. The number of benzene rings is 6. The Balaban J connectivity index is 1.56. The van der Waals surface area contributed by atoms with E-state index in [4.69, 9.17) is 0 Å². The van der Waals surface area contributed by atoms with E-state index in [1.807, 2.05) is 36.4 Å². The van der Waals surface area contributed by atoms with Gasteiger partial charge in [0.25, 0.3) is 0 Å². The third-order valence-corrected chi connectivity index (χ3v) is 9.67. The summed E-state index contributed by atoms with van der Waals surface area (Å²) >= 11 is 0. The van der Waals surface area contributed by atoms with E-state index in [1.54, 1.807) is 0 Å². The van der Waals surface area contributed by atoms with Crippen LogP contribution in [0.4, 0.5) is 0 Å². The van der Waals surface area contributed by atoms with Crippen LogP contribution in [0.5, 0.6) is 0 Å². The van der Waals surface area contributed by atoms with Crippen molar-refractivity contribution in [2.75, 3.05) is 0 Å². The second-order valence-corrected chi connectivity index (χ2v) is 13.9. The molecule has 8 aromatic rings. The van der Waals surface area contributed by atoms with E-state index in [9.17, 15) is 10.4 Å². The van der Waals surface area contributed by atoms with Gasteiger partial charge in [0.05, 0.1) is 21.5 Å². The fourth-order valence-corrected chi connectivity index (χ4v) is 7.87. The standard InChI is InChI=1S/C44H38N2O2/c1-27(2)25-30-15-11-21-36-41(32-17-5-7-23-38(32)45(47)43(30)36)34-19-9-13-29-14-10-20-35(40(29)34)42-33-18-6-8-24-39(33)46(48)44-31(26-28(3)4)16-12-22-37(42)44/h5-24,27-28H,25-26H2,1-4H3. The Morgan fingerprint density at radius 2 is 0.854 bits per heavy atom. The minimum atomic E-state index is 0.402. The maximum atomic E-state index is 14.1. The van der Waals surface area contributed by atoms with Crippen molar-refractivity contribution in [2.24, 2.45) is 11.8 Å². The summed E-state index contributed by atoms with van der Waals surface area (Å²) in [5, 5.41) is 34.2. The number of hydrogen-bond acceptors (Lipinski definition) is 2. The summed E-state index contributed by atoms with van der Waals surface area (Å²) in [6.45, 7) is 8.78. The van der Waals surface area contributed by atoms with E-state index in [0.717, 1.165) is 99.0 Å². The van der Waals surface area contributed by atoms with Crippen LogP contribution in [0.2, 0.25) is 0 Å². The van der Waals surface area contributed by atoms with Crippen molar-refractivity contribution in [2.45, 2.75) is 40.5 Å². The van der Waals surface area contributed by atoms with Crippen LogP contribution in [-0.4, -0.2) is 0 Å². The van der Waals surface area contributed by atoms with Crippen molar-refractivity contribution in [3.8, 4) is 22.3 Å². The molecule has 0 saturated heterocycles. The Hall–Kier alpha value is -5.48. The fourth-order valence-electron chi connectivity index (χ4n) is 7.87. The molecule has 0 atom stereocenters. The van der Waals surface area contributed by atoms with Crippen LogP contribution in [0.25, 0.3) is 76.6 Å². The van der Waals surface area contributed by atoms with Crippen molar-refractivity contribution in [3.05, 3.63) is 143 Å². The first-order valence-electron chi connectivity index (χ1n) is 17.0. The lowest BCUT2D eigenvalue weighted by Crippen LogP contribution is -2.30. The number of fused-ring (bicyclic) bond motifs is 5. The number of pyridine rings is 2. The number of para-hydroxylation sites is 4. The summed E-state index contributed by atoms with van der Waals surface area (Å²) < 4.78 is 2.28. The number of hydrogen-bond donors (Lipinski definition) is 0. The normalized spacial score (nSPS) is 12.0. The molecule has 236 valence electrons. The van der Waals surface area contributed by atoms with Crippen molar-refractivity contribution < 1.29 is 9.46 Å². The molecular weight excluding hydrogens is 588 g/mol. The van der Waals surface area contributed by atoms with Crippen LogP contribution in [0.15, 0.2) is 121 Å². The summed E-state index contributed by atoms with van der Waals surface area (Å²) in [6, 6.07) is 41.5. The predicted molar refractivity (Wildman–Crippen MR) is 200 cm³/mol. The maximum absolute atomic E-state index is 14.1. The summed E-state index contributed by atoms with van der Waals surface area (Å²) in [4.78, 5) is 0. The molecule has 0 aliphatic heterocycles. The number of rotatable bonds is 6. The summed E-state index contributed by atoms with van der Waals surface area (Å²) in [6.07, 6.45) is 1.63. The lowest BCUT2D eigenvalue weighted by molar-refractivity contribution is -0.548. The van der Waals surface area contributed by atoms with Gasteiger partial charge in [-0.05, 0) is 70.8 Å². The van der Waals surface area contributed by atoms with Crippen LogP contribution < -0.4 is 9.46 Å². The fraction of sp³-hybridized carbons (Fsp3) is 0.182. The van der Waals surface area contributed by atoms with Crippen LogP contribution >= 0.6 is 0 Å². The Kier molecular flexibility index (Phi) is 7.25. The Morgan fingerprint density at radius 1 is 0.458 bits per heavy atom. The first-order chi connectivity index (χ1) is 23.3. The van der Waals surface area contributed by atoms with Crippen molar-refractivity contribution >= 4 is 54.4 Å². The van der Waals surface area contributed by atoms with Gasteiger partial charge in [-0.1, -0.05) is 113 Å². The molecule has 4 nitrogen and oxygen atoms in total. The van der Waals surface area contributed by atoms with Crippen LogP contribution in [0.1, 0.15) is 38.8 Å². The second-order valence-electron chi connectivity index (χ2n) is 13.9. The lowest BCUT2D eigenvalue weighted by Gasteiger charge is -2.20. The highest BCUT2D eigenvalue weighted by Crippen LogP contribution is 2.45. The minimum Gasteiger partial charge on any atom is -0.618 e. The van der Waals surface area contributed by atoms with Crippen LogP contribution in [0, 0.1) is 22.3 Å². The van der Waals surface area contributed by atoms with E-state index < -0.39 is 0 Å². The molecule has 4 heteroatoms. The highest BCUT2D eigenvalue weighted by molar-refractivity contribution is 6.20. The molecule has 0 bridgehead atoms. The summed E-state index contributed by atoms with van der Waals surface area (Å²) in [5.41, 5.74) is 9.15. The molecule has 6 aromatic carbocycles. The Morgan fingerprint density at radius 3 is 1.29 bits per heavy atom. The minimum absolute atomic E-state index is 0.402. The zero-order valence-corrected chi connectivity index (χ0v) is 27.8. The van der Waals surface area contributed by atoms with Crippen molar-refractivity contribution in [1.82, 2.24) is 0 Å². The molecule has 0 aliphatic rings. The Bertz CT molecular complexity index is 2370. The van der Waals surface area contributed by atoms with Gasteiger partial charge in [-0.2, -0.15) is 9.46 Å². The zero-order chi connectivity index (χ0) is 33.1. The number of aromatic nitrogens is 2. The Labute approximate surface area is 280 Å². The molecule has 2 aromatic heterocycles. The first-order valence-corrected chi connectivity index (χ1v) is 17.0. The van der Waals surface area contributed by atoms with Gasteiger partial charge in [-0.25, -0.2) is 0 Å². The average molecular weight is 627 g/mol. The van der Waals surface area contributed by atoms with E-state index >= 15 is 0 Å². The van der Waals surface area contributed by atoms with Crippen molar-refractivity contribution in [3.63, 3.8) is 0 Å². The molecule has 0 aliphatic carbocycles. The smallest absolute Gasteiger partial charge is 0.228 e. The van der Waals surface area contributed by atoms with Gasteiger partial charge >= 0.3 is 0 Å². The van der Waals surface area contributed by atoms with E-state index in [1.165, 1.54) is 0 Å². The molecule has 8 rings (SSSR count). The molecule has 0 fully saturated rings. The third-order valence-electron chi connectivity index (χ3n) is 9.67. The SMILES string of the molecule is CC(C)Cc1cccc2c(-c3cccc4cccc(-c5c6ccccc6[n+]([O-])c6c(CC(C)C)cccc56)c34)c3ccccc3[n+]([O-])c12. The van der Waals surface area contributed by atoms with Gasteiger partial charge in [-0.3, -0.25) is 0 Å². The molecule has 2 heterocycles. The molecular formula is C44H38N2O2. The van der Waals surface area contributed by atoms with Gasteiger partial charge in [0.1, 0.15) is 0 Å². The molecule has 0 saturated carbocycles. The van der Waals surface area contributed by atoms with Gasteiger partial charge in [0.2, 0.25) is 22.1 Å². The predicted octanol–water partition coefficient (Wildman–Crippen LogP) is 10.5. The highest BCUT2D eigenvalue weighted by Gasteiger charge is 2.26. The van der Waals surface area contributed by atoms with Crippen LogP contribution in [0.3, 0.4) is 0 Å². The summed E-state index contributed by atoms with van der Waals surface area (Å²) in [5.74, 6) is 0.803. The molecule has 0 amide bonds. The zero-order valence-electron chi connectivity index (χ0n) is 27.8. The number of nitrogens with zero attached hydrogens (tertiary/aromatic N) is 2. The van der Waals surface area contributed by atoms with Gasteiger partial charge in [0, 0.05) is 34.4 Å². The van der Waals surface area contributed by atoms with Gasteiger partial charge < -0.3 is 10.4 Å². The van der Waals surface area contributed by atoms with Crippen LogP contribution in [-0.2, 0) is 12.8 Å². The monoisotopic (exact) mass is 626 g/mol. The first kappa shape index (κ1) is 29.9. The van der Waals surface area contributed by atoms with Crippen molar-refractivity contribution in [1.29, 1.82) is 0 Å². The summed E-state index contributed by atoms with van der Waals surface area (Å²) in [7, 11) is 0. The third kappa shape index (κ3) is 4.66. The highest BCUT2D eigenvalue weighted by atomic mass is 16.5. The topological polar surface area (TPSA) is 53.9 Å². The van der Waals surface area contributed by atoms with Gasteiger partial charge in [-0.15, -0.1) is 0 Å². The molecule has 0 N–H and O–H groups in total. The second kappa shape index (κ2) is 11.6. The van der Waals surface area contributed by atoms with E-state index in [-0.39, 0.29) is 0 Å². The molecule has 0 radical (unpaired) electrons. The van der Waals surface area contributed by atoms with E-state index in [2.05, 4.69) is 113 Å². The van der Waals surface area contributed by atoms with Gasteiger partial charge in [0.15, 0.2) is 0 Å². The molecule has 48 heavy (non-hydrogen) atoms. The lowest BCUT2D eigenvalue weighted by atomic mass is 9.85. The largest absolute Gasteiger partial charge is 0.618 e. The molecule has 0 unspecified atom stereocenters. The molecule has 0 spiro atoms. The van der Waals surface area contributed by atoms with E-state index in [0.29, 0.717) is 22.9 Å².